The summed E-state index contributed by atoms with van der Waals surface area (Å²) in [7, 11) is 0. The molecule has 2 heterocycles. The van der Waals surface area contributed by atoms with Gasteiger partial charge in [0, 0.05) is 19.2 Å². The first-order chi connectivity index (χ1) is 14.3. The number of hydrogen-bond donors (Lipinski definition) is 3. The van der Waals surface area contributed by atoms with Crippen molar-refractivity contribution in [2.45, 2.75) is 32.9 Å². The highest BCUT2D eigenvalue weighted by atomic mass is 19.1. The Morgan fingerprint density at radius 2 is 1.83 bits per heavy atom. The van der Waals surface area contributed by atoms with Crippen LogP contribution in [0.4, 0.5) is 10.2 Å². The Morgan fingerprint density at radius 3 is 2.43 bits per heavy atom. The Labute approximate surface area is 172 Å². The van der Waals surface area contributed by atoms with Crippen molar-refractivity contribution in [1.82, 2.24) is 20.8 Å². The maximum absolute atomic E-state index is 13.2. The van der Waals surface area contributed by atoms with E-state index in [1.165, 1.54) is 12.1 Å². The first kappa shape index (κ1) is 21.0. The van der Waals surface area contributed by atoms with Crippen LogP contribution in [0.2, 0.25) is 0 Å². The van der Waals surface area contributed by atoms with E-state index >= 15 is 0 Å². The minimum Gasteiger partial charge on any atom is -0.384 e. The fourth-order valence-electron chi connectivity index (χ4n) is 2.96. The molecule has 0 bridgehead atoms. The Hall–Kier alpha value is -3.75. The van der Waals surface area contributed by atoms with Crippen molar-refractivity contribution in [1.29, 1.82) is 0 Å². The first-order valence-electron chi connectivity index (χ1n) is 9.30. The summed E-state index contributed by atoms with van der Waals surface area (Å²) in [5, 5.41) is 9.28. The van der Waals surface area contributed by atoms with E-state index in [2.05, 4.69) is 20.8 Å². The zero-order valence-electron chi connectivity index (χ0n) is 16.6. The van der Waals surface area contributed by atoms with E-state index in [0.717, 1.165) is 5.56 Å². The van der Waals surface area contributed by atoms with Gasteiger partial charge in [0.25, 0.3) is 5.91 Å². The molecule has 2 amide bonds. The standard InChI is InChI=1S/C21H22FN5O3/c1-12-19(13(2)30-27-12)21(29)26-17(9-14-3-6-16(22)7-4-14)20(28)25-11-15-5-8-18(23)24-10-15/h3-8,10,17H,9,11H2,1-2H3,(H2,23,24)(H,25,28)(H,26,29)/t17-/m0/s1. The van der Waals surface area contributed by atoms with Gasteiger partial charge in [0.1, 0.15) is 29.0 Å². The van der Waals surface area contributed by atoms with Gasteiger partial charge in [-0.2, -0.15) is 0 Å². The maximum Gasteiger partial charge on any atom is 0.257 e. The van der Waals surface area contributed by atoms with Gasteiger partial charge in [0.15, 0.2) is 0 Å². The lowest BCUT2D eigenvalue weighted by atomic mass is 10.0. The fourth-order valence-corrected chi connectivity index (χ4v) is 2.96. The van der Waals surface area contributed by atoms with Crippen LogP contribution in [0.25, 0.3) is 0 Å². The minimum absolute atomic E-state index is 0.182. The number of halogens is 1. The molecule has 1 atom stereocenters. The third-order valence-corrected chi connectivity index (χ3v) is 4.55. The average Bonchev–Trinajstić information content (AvgIpc) is 3.06. The van der Waals surface area contributed by atoms with Crippen molar-refractivity contribution >= 4 is 17.6 Å². The molecule has 0 aliphatic rings. The van der Waals surface area contributed by atoms with E-state index in [4.69, 9.17) is 10.3 Å². The molecule has 0 radical (unpaired) electrons. The van der Waals surface area contributed by atoms with Crippen molar-refractivity contribution in [3.63, 3.8) is 0 Å². The second kappa shape index (κ2) is 9.17. The zero-order chi connectivity index (χ0) is 21.7. The molecular weight excluding hydrogens is 389 g/mol. The van der Waals surface area contributed by atoms with Crippen LogP contribution >= 0.6 is 0 Å². The summed E-state index contributed by atoms with van der Waals surface area (Å²) in [5.74, 6) is -0.501. The number of hydrogen-bond acceptors (Lipinski definition) is 6. The summed E-state index contributed by atoms with van der Waals surface area (Å²) in [6, 6.07) is 8.25. The molecule has 30 heavy (non-hydrogen) atoms. The van der Waals surface area contributed by atoms with E-state index in [-0.39, 0.29) is 24.3 Å². The molecule has 156 valence electrons. The number of anilines is 1. The van der Waals surface area contributed by atoms with E-state index in [9.17, 15) is 14.0 Å². The number of nitrogens with zero attached hydrogens (tertiary/aromatic N) is 2. The number of aromatic nitrogens is 2. The highest BCUT2D eigenvalue weighted by Crippen LogP contribution is 2.13. The number of amides is 2. The van der Waals surface area contributed by atoms with Gasteiger partial charge < -0.3 is 20.9 Å². The second-order valence-corrected chi connectivity index (χ2v) is 6.86. The van der Waals surface area contributed by atoms with Crippen LogP contribution in [-0.4, -0.2) is 28.0 Å². The van der Waals surface area contributed by atoms with Crippen LogP contribution in [0.5, 0.6) is 0 Å². The van der Waals surface area contributed by atoms with Crippen LogP contribution in [0.3, 0.4) is 0 Å². The van der Waals surface area contributed by atoms with Gasteiger partial charge in [-0.25, -0.2) is 9.37 Å². The van der Waals surface area contributed by atoms with Gasteiger partial charge >= 0.3 is 0 Å². The number of rotatable bonds is 7. The van der Waals surface area contributed by atoms with E-state index in [1.807, 2.05) is 0 Å². The molecule has 1 aromatic carbocycles. The van der Waals surface area contributed by atoms with Gasteiger partial charge in [0.05, 0.1) is 5.69 Å². The molecule has 0 spiro atoms. The Morgan fingerprint density at radius 1 is 1.13 bits per heavy atom. The van der Waals surface area contributed by atoms with Crippen molar-refractivity contribution in [2.24, 2.45) is 0 Å². The predicted molar refractivity (Wildman–Crippen MR) is 108 cm³/mol. The number of nitrogen functional groups attached to an aromatic ring is 1. The molecule has 3 rings (SSSR count). The maximum atomic E-state index is 13.2. The van der Waals surface area contributed by atoms with E-state index in [0.29, 0.717) is 22.8 Å². The number of carbonyl (C=O) groups is 2. The van der Waals surface area contributed by atoms with Crippen LogP contribution in [-0.2, 0) is 17.8 Å². The fraction of sp³-hybridized carbons (Fsp3) is 0.238. The summed E-state index contributed by atoms with van der Waals surface area (Å²) in [6.07, 6.45) is 1.74. The predicted octanol–water partition coefficient (Wildman–Crippen LogP) is 2.07. The molecule has 4 N–H and O–H groups in total. The number of carbonyl (C=O) groups excluding carboxylic acids is 2. The van der Waals surface area contributed by atoms with Crippen LogP contribution in [0, 0.1) is 19.7 Å². The number of nitrogens with one attached hydrogen (secondary N) is 2. The van der Waals surface area contributed by atoms with Gasteiger partial charge in [-0.05, 0) is 43.2 Å². The number of pyridine rings is 1. The van der Waals surface area contributed by atoms with Crippen LogP contribution in [0.1, 0.15) is 32.9 Å². The lowest BCUT2D eigenvalue weighted by Gasteiger charge is -2.19. The SMILES string of the molecule is Cc1noc(C)c1C(=O)N[C@@H](Cc1ccc(F)cc1)C(=O)NCc1ccc(N)nc1. The number of benzene rings is 1. The van der Waals surface area contributed by atoms with Gasteiger partial charge in [-0.3, -0.25) is 9.59 Å². The first-order valence-corrected chi connectivity index (χ1v) is 9.30. The number of aryl methyl sites for hydroxylation is 2. The molecule has 3 aromatic rings. The van der Waals surface area contributed by atoms with Crippen molar-refractivity contribution < 1.29 is 18.5 Å². The summed E-state index contributed by atoms with van der Waals surface area (Å²) in [6.45, 7) is 3.49. The molecule has 9 heteroatoms. The molecular formula is C21H22FN5O3. The summed E-state index contributed by atoms with van der Waals surface area (Å²) < 4.78 is 18.3. The normalized spacial score (nSPS) is 11.7. The van der Waals surface area contributed by atoms with Gasteiger partial charge in [-0.15, -0.1) is 0 Å². The lowest BCUT2D eigenvalue weighted by Crippen LogP contribution is -2.48. The Kier molecular flexibility index (Phi) is 6.41. The average molecular weight is 411 g/mol. The van der Waals surface area contributed by atoms with Crippen LogP contribution in [0.15, 0.2) is 47.1 Å². The van der Waals surface area contributed by atoms with Crippen molar-refractivity contribution in [3.05, 3.63) is 76.6 Å². The monoisotopic (exact) mass is 411 g/mol. The lowest BCUT2D eigenvalue weighted by molar-refractivity contribution is -0.123. The highest BCUT2D eigenvalue weighted by molar-refractivity contribution is 5.99. The van der Waals surface area contributed by atoms with Crippen molar-refractivity contribution in [2.75, 3.05) is 5.73 Å². The molecule has 2 aromatic heterocycles. The molecule has 0 aliphatic heterocycles. The smallest absolute Gasteiger partial charge is 0.257 e. The van der Waals surface area contributed by atoms with Crippen molar-refractivity contribution in [3.8, 4) is 0 Å². The Bertz CT molecular complexity index is 1010. The summed E-state index contributed by atoms with van der Waals surface area (Å²) in [5.41, 5.74) is 7.74. The minimum atomic E-state index is -0.890. The molecule has 8 nitrogen and oxygen atoms in total. The second-order valence-electron chi connectivity index (χ2n) is 6.86. The topological polar surface area (TPSA) is 123 Å². The van der Waals surface area contributed by atoms with E-state index in [1.54, 1.807) is 44.3 Å². The number of nitrogens with two attached hydrogens (primary N) is 1. The van der Waals surface area contributed by atoms with Gasteiger partial charge in [-0.1, -0.05) is 23.4 Å². The molecule has 0 saturated carbocycles. The summed E-state index contributed by atoms with van der Waals surface area (Å²) in [4.78, 5) is 29.6. The largest absolute Gasteiger partial charge is 0.384 e. The van der Waals surface area contributed by atoms with Gasteiger partial charge in [0.2, 0.25) is 5.91 Å². The highest BCUT2D eigenvalue weighted by Gasteiger charge is 2.25. The molecule has 0 saturated heterocycles. The quantitative estimate of drug-likeness (QED) is 0.547. The molecule has 0 unspecified atom stereocenters. The zero-order valence-corrected chi connectivity index (χ0v) is 16.6. The summed E-state index contributed by atoms with van der Waals surface area (Å²) >= 11 is 0. The Balaban J connectivity index is 1.75. The van der Waals surface area contributed by atoms with E-state index < -0.39 is 17.9 Å². The molecule has 0 fully saturated rings. The third-order valence-electron chi connectivity index (χ3n) is 4.55. The molecule has 0 aliphatic carbocycles. The third kappa shape index (κ3) is 5.19. The van der Waals surface area contributed by atoms with Crippen LogP contribution < -0.4 is 16.4 Å².